The quantitative estimate of drug-likeness (QED) is 0.654. The number of amides is 1. The van der Waals surface area contributed by atoms with E-state index in [2.05, 4.69) is 48.4 Å². The molecule has 5 heteroatoms. The summed E-state index contributed by atoms with van der Waals surface area (Å²) in [6, 6.07) is 18.5. The van der Waals surface area contributed by atoms with Crippen LogP contribution in [0, 0.1) is 0 Å². The molecule has 3 aromatic rings. The first-order chi connectivity index (χ1) is 14.1. The van der Waals surface area contributed by atoms with Crippen LogP contribution in [0.5, 0.6) is 0 Å². The Labute approximate surface area is 172 Å². The predicted octanol–water partition coefficient (Wildman–Crippen LogP) is 4.30. The van der Waals surface area contributed by atoms with Crippen LogP contribution in [0.3, 0.4) is 0 Å². The third-order valence-corrected chi connectivity index (χ3v) is 5.49. The molecule has 2 aromatic carbocycles. The molecule has 0 bridgehead atoms. The Kier molecular flexibility index (Phi) is 5.76. The van der Waals surface area contributed by atoms with Crippen LogP contribution in [0.25, 0.3) is 5.69 Å². The van der Waals surface area contributed by atoms with Gasteiger partial charge in [-0.3, -0.25) is 4.79 Å². The van der Waals surface area contributed by atoms with Gasteiger partial charge in [-0.05, 0) is 68.8 Å². The molecule has 2 heterocycles. The molecule has 1 aliphatic heterocycles. The Morgan fingerprint density at radius 2 is 1.93 bits per heavy atom. The fourth-order valence-corrected chi connectivity index (χ4v) is 4.10. The Hall–Kier alpha value is -2.92. The average molecular weight is 389 g/mol. The van der Waals surface area contributed by atoms with Crippen molar-refractivity contribution in [2.75, 3.05) is 20.6 Å². The number of hydrogen-bond acceptors (Lipinski definition) is 3. The molecule has 0 saturated carbocycles. The highest BCUT2D eigenvalue weighted by molar-refractivity contribution is 5.95. The van der Waals surface area contributed by atoms with E-state index in [0.29, 0.717) is 5.56 Å². The van der Waals surface area contributed by atoms with E-state index < -0.39 is 0 Å². The summed E-state index contributed by atoms with van der Waals surface area (Å²) in [5.41, 5.74) is 4.14. The standard InChI is InChI=1S/C24H28N4O/c1-26(2)18-19-10-12-20(13-11-19)23-9-3-4-15-27(23)24(29)21-7-5-8-22(17-21)28-16-6-14-25-28/h5-8,10-14,16-17,23H,3-4,9,15,18H2,1-2H3/t23-/m1/s1. The lowest BCUT2D eigenvalue weighted by molar-refractivity contribution is 0.0611. The summed E-state index contributed by atoms with van der Waals surface area (Å²) < 4.78 is 1.79. The number of piperidine rings is 1. The van der Waals surface area contributed by atoms with Gasteiger partial charge in [-0.1, -0.05) is 30.3 Å². The highest BCUT2D eigenvalue weighted by Crippen LogP contribution is 2.32. The van der Waals surface area contributed by atoms with E-state index in [1.54, 1.807) is 10.9 Å². The summed E-state index contributed by atoms with van der Waals surface area (Å²) in [6.07, 6.45) is 6.86. The first-order valence-corrected chi connectivity index (χ1v) is 10.3. The van der Waals surface area contributed by atoms with Gasteiger partial charge in [0.05, 0.1) is 11.7 Å². The molecular formula is C24H28N4O. The van der Waals surface area contributed by atoms with Crippen LogP contribution in [-0.2, 0) is 6.54 Å². The van der Waals surface area contributed by atoms with Gasteiger partial charge in [0.2, 0.25) is 0 Å². The largest absolute Gasteiger partial charge is 0.332 e. The minimum absolute atomic E-state index is 0.0982. The summed E-state index contributed by atoms with van der Waals surface area (Å²) in [5, 5.41) is 4.28. The number of carbonyl (C=O) groups excluding carboxylic acids is 1. The minimum atomic E-state index is 0.0982. The molecule has 1 aromatic heterocycles. The normalized spacial score (nSPS) is 16.9. The molecule has 0 aliphatic carbocycles. The molecule has 1 amide bonds. The maximum absolute atomic E-state index is 13.4. The highest BCUT2D eigenvalue weighted by atomic mass is 16.2. The van der Waals surface area contributed by atoms with E-state index in [-0.39, 0.29) is 11.9 Å². The number of benzene rings is 2. The maximum atomic E-state index is 13.4. The molecule has 0 N–H and O–H groups in total. The maximum Gasteiger partial charge on any atom is 0.254 e. The molecule has 150 valence electrons. The second kappa shape index (κ2) is 8.62. The van der Waals surface area contributed by atoms with E-state index in [1.165, 1.54) is 11.1 Å². The second-order valence-electron chi connectivity index (χ2n) is 7.99. The van der Waals surface area contributed by atoms with Crippen LogP contribution in [-0.4, -0.2) is 46.1 Å². The minimum Gasteiger partial charge on any atom is -0.332 e. The van der Waals surface area contributed by atoms with Crippen molar-refractivity contribution in [3.8, 4) is 5.69 Å². The fourth-order valence-electron chi connectivity index (χ4n) is 4.10. The zero-order valence-corrected chi connectivity index (χ0v) is 17.2. The zero-order chi connectivity index (χ0) is 20.2. The first kappa shape index (κ1) is 19.4. The van der Waals surface area contributed by atoms with Crippen molar-refractivity contribution in [3.05, 3.63) is 83.7 Å². The van der Waals surface area contributed by atoms with Crippen molar-refractivity contribution < 1.29 is 4.79 Å². The molecule has 4 rings (SSSR count). The van der Waals surface area contributed by atoms with Gasteiger partial charge in [0, 0.05) is 31.0 Å². The molecule has 5 nitrogen and oxygen atoms in total. The van der Waals surface area contributed by atoms with Gasteiger partial charge in [-0.15, -0.1) is 0 Å². The molecule has 29 heavy (non-hydrogen) atoms. The molecule has 0 unspecified atom stereocenters. The number of carbonyl (C=O) groups is 1. The van der Waals surface area contributed by atoms with Crippen LogP contribution in [0.4, 0.5) is 0 Å². The van der Waals surface area contributed by atoms with Gasteiger partial charge < -0.3 is 9.80 Å². The predicted molar refractivity (Wildman–Crippen MR) is 115 cm³/mol. The van der Waals surface area contributed by atoms with Crippen molar-refractivity contribution >= 4 is 5.91 Å². The lowest BCUT2D eigenvalue weighted by Crippen LogP contribution is -2.38. The van der Waals surface area contributed by atoms with Gasteiger partial charge >= 0.3 is 0 Å². The molecule has 1 aliphatic rings. The lowest BCUT2D eigenvalue weighted by atomic mass is 9.93. The third-order valence-electron chi connectivity index (χ3n) is 5.49. The number of likely N-dealkylation sites (tertiary alicyclic amines) is 1. The molecule has 1 atom stereocenters. The van der Waals surface area contributed by atoms with E-state index in [1.807, 2.05) is 41.4 Å². The van der Waals surface area contributed by atoms with Crippen LogP contribution < -0.4 is 0 Å². The van der Waals surface area contributed by atoms with Crippen LogP contribution >= 0.6 is 0 Å². The first-order valence-electron chi connectivity index (χ1n) is 10.3. The number of rotatable bonds is 5. The molecule has 1 fully saturated rings. The zero-order valence-electron chi connectivity index (χ0n) is 17.2. The fraction of sp³-hybridized carbons (Fsp3) is 0.333. The summed E-state index contributed by atoms with van der Waals surface area (Å²) in [4.78, 5) is 17.6. The highest BCUT2D eigenvalue weighted by Gasteiger charge is 2.28. The summed E-state index contributed by atoms with van der Waals surface area (Å²) in [5.74, 6) is 0.0982. The van der Waals surface area contributed by atoms with E-state index >= 15 is 0 Å². The molecule has 0 radical (unpaired) electrons. The van der Waals surface area contributed by atoms with Crippen LogP contribution in [0.1, 0.15) is 46.8 Å². The summed E-state index contributed by atoms with van der Waals surface area (Å²) in [6.45, 7) is 1.72. The van der Waals surface area contributed by atoms with E-state index in [9.17, 15) is 4.79 Å². The van der Waals surface area contributed by atoms with Crippen molar-refractivity contribution in [3.63, 3.8) is 0 Å². The van der Waals surface area contributed by atoms with Gasteiger partial charge in [0.25, 0.3) is 5.91 Å². The van der Waals surface area contributed by atoms with Crippen molar-refractivity contribution in [1.82, 2.24) is 19.6 Å². The molecule has 1 saturated heterocycles. The third kappa shape index (κ3) is 4.40. The van der Waals surface area contributed by atoms with Crippen LogP contribution in [0.15, 0.2) is 67.0 Å². The Balaban J connectivity index is 1.57. The Bertz CT molecular complexity index is 947. The summed E-state index contributed by atoms with van der Waals surface area (Å²) in [7, 11) is 4.15. The Morgan fingerprint density at radius 1 is 1.10 bits per heavy atom. The number of nitrogens with zero attached hydrogens (tertiary/aromatic N) is 4. The van der Waals surface area contributed by atoms with Gasteiger partial charge in [0.1, 0.15) is 0 Å². The average Bonchev–Trinajstić information content (AvgIpc) is 3.29. The van der Waals surface area contributed by atoms with Crippen LogP contribution in [0.2, 0.25) is 0 Å². The lowest BCUT2D eigenvalue weighted by Gasteiger charge is -2.36. The number of aromatic nitrogens is 2. The van der Waals surface area contributed by atoms with Gasteiger partial charge in [-0.2, -0.15) is 5.10 Å². The van der Waals surface area contributed by atoms with Crippen molar-refractivity contribution in [1.29, 1.82) is 0 Å². The number of hydrogen-bond donors (Lipinski definition) is 0. The smallest absolute Gasteiger partial charge is 0.254 e. The van der Waals surface area contributed by atoms with Gasteiger partial charge in [0.15, 0.2) is 0 Å². The van der Waals surface area contributed by atoms with Crippen molar-refractivity contribution in [2.24, 2.45) is 0 Å². The van der Waals surface area contributed by atoms with Crippen molar-refractivity contribution in [2.45, 2.75) is 31.8 Å². The van der Waals surface area contributed by atoms with Gasteiger partial charge in [-0.25, -0.2) is 4.68 Å². The van der Waals surface area contributed by atoms with E-state index in [4.69, 9.17) is 0 Å². The SMILES string of the molecule is CN(C)Cc1ccc([C@H]2CCCCN2C(=O)c2cccc(-n3cccn3)c2)cc1. The second-order valence-corrected chi connectivity index (χ2v) is 7.99. The molecular weight excluding hydrogens is 360 g/mol. The monoisotopic (exact) mass is 388 g/mol. The summed E-state index contributed by atoms with van der Waals surface area (Å²) >= 11 is 0. The molecule has 0 spiro atoms. The topological polar surface area (TPSA) is 41.4 Å². The Morgan fingerprint density at radius 3 is 2.66 bits per heavy atom. The van der Waals surface area contributed by atoms with E-state index in [0.717, 1.165) is 38.0 Å².